The number of rotatable bonds is 28. The molecule has 1 aromatic heterocycles. The number of nitrogens with one attached hydrogen (secondary N) is 5. The van der Waals surface area contributed by atoms with Gasteiger partial charge in [-0.25, -0.2) is 20.2 Å². The first kappa shape index (κ1) is 46.3. The first-order valence-corrected chi connectivity index (χ1v) is 18.2. The van der Waals surface area contributed by atoms with Crippen molar-refractivity contribution in [2.45, 2.75) is 78.7 Å². The van der Waals surface area contributed by atoms with Gasteiger partial charge in [-0.05, 0) is 48.8 Å². The highest BCUT2D eigenvalue weighted by Gasteiger charge is 2.29. The molecule has 9 N–H and O–H groups in total. The maximum absolute atomic E-state index is 13.3. The van der Waals surface area contributed by atoms with Gasteiger partial charge in [0, 0.05) is 18.8 Å². The molecule has 0 spiro atoms. The molecule has 20 nitrogen and oxygen atoms in total. The van der Waals surface area contributed by atoms with Crippen LogP contribution in [0.5, 0.6) is 0 Å². The summed E-state index contributed by atoms with van der Waals surface area (Å²) in [5.74, 6) is 3.54. The van der Waals surface area contributed by atoms with E-state index in [2.05, 4.69) is 55.6 Å². The lowest BCUT2D eigenvalue weighted by Crippen LogP contribution is -2.55. The van der Waals surface area contributed by atoms with Crippen molar-refractivity contribution in [2.24, 2.45) is 23.5 Å². The number of benzene rings is 1. The second-order valence-corrected chi connectivity index (χ2v) is 13.2. The monoisotopic (exact) mass is 778 g/mol. The predicted molar refractivity (Wildman–Crippen MR) is 200 cm³/mol. The molecule has 0 radical (unpaired) electrons. The van der Waals surface area contributed by atoms with Gasteiger partial charge in [0.2, 0.25) is 17.7 Å². The highest BCUT2D eigenvalue weighted by molar-refractivity contribution is 5.98. The minimum absolute atomic E-state index is 0.0397. The predicted octanol–water partition coefficient (Wildman–Crippen LogP) is 0.703. The summed E-state index contributed by atoms with van der Waals surface area (Å²) in [6, 6.07) is 3.86. The molecule has 1 heterocycles. The van der Waals surface area contributed by atoms with Crippen LogP contribution >= 0.6 is 0 Å². The number of ether oxygens (including phenoxy) is 4. The van der Waals surface area contributed by atoms with E-state index >= 15 is 0 Å². The van der Waals surface area contributed by atoms with Gasteiger partial charge in [-0.2, -0.15) is 0 Å². The molecule has 2 atom stereocenters. The molecule has 308 valence electrons. The molecule has 0 saturated heterocycles. The summed E-state index contributed by atoms with van der Waals surface area (Å²) in [6.45, 7) is 11.2. The molecule has 1 aromatic carbocycles. The van der Waals surface area contributed by atoms with Gasteiger partial charge >= 0.3 is 12.1 Å². The van der Waals surface area contributed by atoms with Crippen molar-refractivity contribution in [3.8, 4) is 0 Å². The van der Waals surface area contributed by atoms with E-state index in [9.17, 15) is 24.0 Å². The van der Waals surface area contributed by atoms with Crippen LogP contribution in [-0.4, -0.2) is 110 Å². The van der Waals surface area contributed by atoms with Crippen molar-refractivity contribution in [3.05, 3.63) is 41.7 Å². The SMILES string of the molecule is CC(C)CCOCCOCCOCCn1cc(CNC(=O)OCc2ccc(NC(=O)[C@H](CCCNC(N)=O)NC(=O)[C@@H](NC(=O)CON)C(C)C)cc2)nn1. The van der Waals surface area contributed by atoms with Crippen molar-refractivity contribution in [3.63, 3.8) is 0 Å². The van der Waals surface area contributed by atoms with Gasteiger partial charge in [-0.15, -0.1) is 5.10 Å². The van der Waals surface area contributed by atoms with Crippen molar-refractivity contribution >= 4 is 35.5 Å². The molecule has 0 aliphatic carbocycles. The summed E-state index contributed by atoms with van der Waals surface area (Å²) < 4.78 is 23.5. The van der Waals surface area contributed by atoms with E-state index in [1.807, 2.05) is 0 Å². The number of carbonyl (C=O) groups excluding carboxylic acids is 5. The number of anilines is 1. The van der Waals surface area contributed by atoms with Gasteiger partial charge < -0.3 is 51.3 Å². The van der Waals surface area contributed by atoms with Crippen LogP contribution in [0.4, 0.5) is 15.3 Å². The Morgan fingerprint density at radius 3 is 2.15 bits per heavy atom. The molecule has 0 aliphatic rings. The van der Waals surface area contributed by atoms with Crippen LogP contribution in [-0.2, 0) is 57.9 Å². The number of primary amides is 1. The van der Waals surface area contributed by atoms with Crippen LogP contribution in [0.25, 0.3) is 0 Å². The Kier molecular flexibility index (Phi) is 22.6. The van der Waals surface area contributed by atoms with Gasteiger partial charge in [0.15, 0.2) is 0 Å². The number of urea groups is 1. The number of alkyl carbamates (subject to hydrolysis) is 1. The molecule has 6 amide bonds. The molecule has 2 aromatic rings. The van der Waals surface area contributed by atoms with Crippen molar-refractivity contribution in [2.75, 3.05) is 58.1 Å². The maximum Gasteiger partial charge on any atom is 0.407 e. The van der Waals surface area contributed by atoms with E-state index in [4.69, 9.17) is 30.6 Å². The second-order valence-electron chi connectivity index (χ2n) is 13.2. The molecule has 0 aliphatic heterocycles. The van der Waals surface area contributed by atoms with Gasteiger partial charge in [0.1, 0.15) is 31.0 Å². The third kappa shape index (κ3) is 21.0. The minimum atomic E-state index is -1.02. The lowest BCUT2D eigenvalue weighted by atomic mass is 10.0. The third-order valence-corrected chi connectivity index (χ3v) is 7.72. The molecule has 0 fully saturated rings. The zero-order chi connectivity index (χ0) is 40.4. The van der Waals surface area contributed by atoms with Crippen LogP contribution in [0.3, 0.4) is 0 Å². The first-order valence-electron chi connectivity index (χ1n) is 18.2. The molecule has 0 saturated carbocycles. The summed E-state index contributed by atoms with van der Waals surface area (Å²) >= 11 is 0. The topological polar surface area (TPSA) is 274 Å². The largest absolute Gasteiger partial charge is 0.445 e. The maximum atomic E-state index is 13.3. The van der Waals surface area contributed by atoms with E-state index < -0.39 is 48.5 Å². The van der Waals surface area contributed by atoms with Crippen LogP contribution < -0.4 is 38.2 Å². The first-order chi connectivity index (χ1) is 26.4. The fraction of sp³-hybridized carbons (Fsp3) is 0.629. The van der Waals surface area contributed by atoms with Gasteiger partial charge in [-0.1, -0.05) is 45.0 Å². The average molecular weight is 779 g/mol. The molecular formula is C35H58N10O10. The Hall–Kier alpha value is -4.89. The van der Waals surface area contributed by atoms with Crippen LogP contribution in [0, 0.1) is 11.8 Å². The Morgan fingerprint density at radius 1 is 0.836 bits per heavy atom. The number of hydrogen-bond donors (Lipinski definition) is 7. The summed E-state index contributed by atoms with van der Waals surface area (Å²) in [7, 11) is 0. The Bertz CT molecular complexity index is 1440. The Labute approximate surface area is 321 Å². The quantitative estimate of drug-likeness (QED) is 0.0464. The molecule has 20 heteroatoms. The van der Waals surface area contributed by atoms with Crippen molar-refractivity contribution < 1.29 is 47.8 Å². The minimum Gasteiger partial charge on any atom is -0.445 e. The highest BCUT2D eigenvalue weighted by Crippen LogP contribution is 2.13. The van der Waals surface area contributed by atoms with E-state index in [1.165, 1.54) is 0 Å². The number of nitrogens with two attached hydrogens (primary N) is 2. The zero-order valence-electron chi connectivity index (χ0n) is 32.2. The number of hydrogen-bond acceptors (Lipinski definition) is 13. The summed E-state index contributed by atoms with van der Waals surface area (Å²) in [5.41, 5.74) is 6.74. The van der Waals surface area contributed by atoms with Crippen LogP contribution in [0.2, 0.25) is 0 Å². The van der Waals surface area contributed by atoms with E-state index in [0.717, 1.165) is 13.0 Å². The van der Waals surface area contributed by atoms with Crippen molar-refractivity contribution in [1.82, 2.24) is 36.3 Å². The molecule has 0 unspecified atom stereocenters. The summed E-state index contributed by atoms with van der Waals surface area (Å²) in [4.78, 5) is 66.1. The van der Waals surface area contributed by atoms with Gasteiger partial charge in [-0.3, -0.25) is 19.2 Å². The smallest absolute Gasteiger partial charge is 0.407 e. The standard InChI is InChI=1S/C35H58N10O10/c1-24(2)11-14-51-16-18-53-19-17-52-15-13-45-21-28(43-44-45)20-39-35(50)54-22-26-7-9-27(10-8-26)40-32(47)29(6-5-12-38-34(36)49)41-33(48)31(25(3)4)42-30(46)23-55-37/h7-10,21,24-25,29,31H,5-6,11-20,22-23,37H2,1-4H3,(H,39,50)(H,40,47)(H,41,48)(H,42,46)(H3,36,38,49)/t29-,31-/m0/s1. The molecular weight excluding hydrogens is 720 g/mol. The fourth-order valence-electron chi connectivity index (χ4n) is 4.70. The number of nitrogens with zero attached hydrogens (tertiary/aromatic N) is 3. The normalized spacial score (nSPS) is 12.2. The summed E-state index contributed by atoms with van der Waals surface area (Å²) in [5, 5.41) is 21.1. The molecule has 2 rings (SSSR count). The average Bonchev–Trinajstić information content (AvgIpc) is 3.60. The molecule has 0 bridgehead atoms. The zero-order valence-corrected chi connectivity index (χ0v) is 32.2. The van der Waals surface area contributed by atoms with E-state index in [-0.39, 0.29) is 32.0 Å². The molecule has 55 heavy (non-hydrogen) atoms. The second kappa shape index (κ2) is 26.8. The van der Waals surface area contributed by atoms with Crippen LogP contribution in [0.1, 0.15) is 58.2 Å². The van der Waals surface area contributed by atoms with Gasteiger partial charge in [0.05, 0.1) is 52.3 Å². The van der Waals surface area contributed by atoms with E-state index in [0.29, 0.717) is 68.9 Å². The highest BCUT2D eigenvalue weighted by atomic mass is 16.6. The summed E-state index contributed by atoms with van der Waals surface area (Å²) in [6.07, 6.45) is 2.55. The lowest BCUT2D eigenvalue weighted by molar-refractivity contribution is -0.133. The van der Waals surface area contributed by atoms with Crippen molar-refractivity contribution in [1.29, 1.82) is 0 Å². The number of aromatic nitrogens is 3. The van der Waals surface area contributed by atoms with Gasteiger partial charge in [0.25, 0.3) is 0 Å². The van der Waals surface area contributed by atoms with Crippen LogP contribution in [0.15, 0.2) is 30.5 Å². The number of amides is 6. The number of carbonyl (C=O) groups is 5. The Morgan fingerprint density at radius 2 is 1.51 bits per heavy atom. The third-order valence-electron chi connectivity index (χ3n) is 7.72. The fourth-order valence-corrected chi connectivity index (χ4v) is 4.70. The Balaban J connectivity index is 1.75. The van der Waals surface area contributed by atoms with E-state index in [1.54, 1.807) is 49.0 Å². The lowest BCUT2D eigenvalue weighted by Gasteiger charge is -2.25.